The van der Waals surface area contributed by atoms with Gasteiger partial charge in [0, 0.05) is 12.1 Å². The summed E-state index contributed by atoms with van der Waals surface area (Å²) in [6.07, 6.45) is 3.62. The van der Waals surface area contributed by atoms with E-state index in [4.69, 9.17) is 11.0 Å². The highest BCUT2D eigenvalue weighted by Gasteiger charge is 2.36. The molecule has 1 aliphatic rings. The van der Waals surface area contributed by atoms with Crippen molar-refractivity contribution in [3.05, 3.63) is 35.4 Å². The lowest BCUT2D eigenvalue weighted by molar-refractivity contribution is 0.399. The van der Waals surface area contributed by atoms with Crippen molar-refractivity contribution in [2.75, 3.05) is 6.54 Å². The number of sulfonamides is 1. The maximum absolute atomic E-state index is 12.2. The molecule has 6 heteroatoms. The summed E-state index contributed by atoms with van der Waals surface area (Å²) in [5.74, 6) is -0.0829. The highest BCUT2D eigenvalue weighted by molar-refractivity contribution is 7.88. The lowest BCUT2D eigenvalue weighted by Crippen LogP contribution is -2.51. The van der Waals surface area contributed by atoms with Crippen molar-refractivity contribution in [3.63, 3.8) is 0 Å². The first-order valence-corrected chi connectivity index (χ1v) is 8.35. The second-order valence-electron chi connectivity index (χ2n) is 5.36. The van der Waals surface area contributed by atoms with Crippen molar-refractivity contribution in [2.45, 2.75) is 37.0 Å². The third-order valence-corrected chi connectivity index (χ3v) is 5.22. The van der Waals surface area contributed by atoms with E-state index in [-0.39, 0.29) is 5.75 Å². The van der Waals surface area contributed by atoms with Crippen molar-refractivity contribution in [3.8, 4) is 6.07 Å². The van der Waals surface area contributed by atoms with Crippen LogP contribution in [0.2, 0.25) is 0 Å². The van der Waals surface area contributed by atoms with E-state index in [1.807, 2.05) is 6.07 Å². The van der Waals surface area contributed by atoms with Crippen molar-refractivity contribution >= 4 is 10.0 Å². The van der Waals surface area contributed by atoms with Gasteiger partial charge in [0.25, 0.3) is 0 Å². The Morgan fingerprint density at radius 1 is 1.25 bits per heavy atom. The van der Waals surface area contributed by atoms with Gasteiger partial charge in [-0.2, -0.15) is 5.26 Å². The van der Waals surface area contributed by atoms with Crippen LogP contribution in [0.1, 0.15) is 36.8 Å². The topological polar surface area (TPSA) is 96.0 Å². The van der Waals surface area contributed by atoms with Gasteiger partial charge in [0.15, 0.2) is 0 Å². The number of nitrogens with one attached hydrogen (secondary N) is 1. The standard InChI is InChI=1S/C14H19N3O2S/c15-9-12-3-5-13(6-4-12)10-20(18,19)17-14(11-16)7-1-2-8-14/h3-6,17H,1-2,7-8,10-11,16H2. The SMILES string of the molecule is N#Cc1ccc(CS(=O)(=O)NC2(CN)CCCC2)cc1. The van der Waals surface area contributed by atoms with Gasteiger partial charge in [0.1, 0.15) is 0 Å². The zero-order chi connectivity index (χ0) is 14.6. The van der Waals surface area contributed by atoms with Crippen LogP contribution in [0.4, 0.5) is 0 Å². The van der Waals surface area contributed by atoms with Gasteiger partial charge in [0.05, 0.1) is 17.4 Å². The summed E-state index contributed by atoms with van der Waals surface area (Å²) < 4.78 is 27.3. The summed E-state index contributed by atoms with van der Waals surface area (Å²) in [4.78, 5) is 0. The van der Waals surface area contributed by atoms with Crippen LogP contribution >= 0.6 is 0 Å². The number of rotatable bonds is 5. The molecule has 5 nitrogen and oxygen atoms in total. The van der Waals surface area contributed by atoms with Crippen LogP contribution in [0, 0.1) is 11.3 Å². The van der Waals surface area contributed by atoms with E-state index in [1.54, 1.807) is 24.3 Å². The summed E-state index contributed by atoms with van der Waals surface area (Å²) in [6.45, 7) is 0.333. The summed E-state index contributed by atoms with van der Waals surface area (Å²) in [5.41, 5.74) is 6.47. The third-order valence-electron chi connectivity index (χ3n) is 3.76. The third kappa shape index (κ3) is 3.57. The first-order valence-electron chi connectivity index (χ1n) is 6.69. The molecule has 1 saturated carbocycles. The molecule has 2 rings (SSSR count). The molecule has 0 atom stereocenters. The summed E-state index contributed by atoms with van der Waals surface area (Å²) in [6, 6.07) is 8.59. The first-order chi connectivity index (χ1) is 9.49. The van der Waals surface area contributed by atoms with Crippen molar-refractivity contribution in [1.82, 2.24) is 4.72 Å². The largest absolute Gasteiger partial charge is 0.329 e. The Labute approximate surface area is 119 Å². The van der Waals surface area contributed by atoms with Crippen molar-refractivity contribution in [1.29, 1.82) is 5.26 Å². The van der Waals surface area contributed by atoms with Gasteiger partial charge >= 0.3 is 0 Å². The Hall–Kier alpha value is -1.42. The molecular formula is C14H19N3O2S. The van der Waals surface area contributed by atoms with Crippen LogP contribution in [0.3, 0.4) is 0 Å². The smallest absolute Gasteiger partial charge is 0.216 e. The molecule has 1 aliphatic carbocycles. The molecule has 0 saturated heterocycles. The molecule has 0 unspecified atom stereocenters. The number of hydrogen-bond acceptors (Lipinski definition) is 4. The summed E-state index contributed by atoms with van der Waals surface area (Å²) >= 11 is 0. The lowest BCUT2D eigenvalue weighted by atomic mass is 10.0. The van der Waals surface area contributed by atoms with E-state index in [0.29, 0.717) is 17.7 Å². The fourth-order valence-electron chi connectivity index (χ4n) is 2.66. The molecule has 1 fully saturated rings. The molecule has 0 heterocycles. The second-order valence-corrected chi connectivity index (χ2v) is 7.08. The quantitative estimate of drug-likeness (QED) is 0.854. The van der Waals surface area contributed by atoms with Gasteiger partial charge in [-0.1, -0.05) is 25.0 Å². The molecule has 1 aromatic rings. The predicted molar refractivity (Wildman–Crippen MR) is 77.2 cm³/mol. The molecule has 20 heavy (non-hydrogen) atoms. The maximum Gasteiger partial charge on any atom is 0.216 e. The van der Waals surface area contributed by atoms with E-state index in [0.717, 1.165) is 25.7 Å². The van der Waals surface area contributed by atoms with Crippen LogP contribution in [0.25, 0.3) is 0 Å². The summed E-state index contributed by atoms with van der Waals surface area (Å²) in [7, 11) is -3.42. The Morgan fingerprint density at radius 2 is 1.85 bits per heavy atom. The zero-order valence-electron chi connectivity index (χ0n) is 11.3. The van der Waals surface area contributed by atoms with Crippen molar-refractivity contribution < 1.29 is 8.42 Å². The zero-order valence-corrected chi connectivity index (χ0v) is 12.1. The van der Waals surface area contributed by atoms with E-state index in [9.17, 15) is 8.42 Å². The van der Waals surface area contributed by atoms with Gasteiger partial charge in [0.2, 0.25) is 10.0 Å². The van der Waals surface area contributed by atoms with Gasteiger partial charge in [-0.25, -0.2) is 13.1 Å². The second kappa shape index (κ2) is 5.92. The molecule has 3 N–H and O–H groups in total. The van der Waals surface area contributed by atoms with Crippen LogP contribution < -0.4 is 10.5 Å². The molecule has 0 aliphatic heterocycles. The van der Waals surface area contributed by atoms with Gasteiger partial charge in [-0.3, -0.25) is 0 Å². The molecule has 0 aromatic heterocycles. The number of benzene rings is 1. The monoisotopic (exact) mass is 293 g/mol. The normalized spacial score (nSPS) is 17.8. The molecule has 108 valence electrons. The molecule has 0 spiro atoms. The number of hydrogen-bond donors (Lipinski definition) is 2. The molecule has 0 radical (unpaired) electrons. The molecule has 1 aromatic carbocycles. The first kappa shape index (κ1) is 15.0. The Balaban J connectivity index is 2.08. The minimum Gasteiger partial charge on any atom is -0.329 e. The van der Waals surface area contributed by atoms with Gasteiger partial charge in [-0.05, 0) is 30.5 Å². The maximum atomic E-state index is 12.2. The highest BCUT2D eigenvalue weighted by atomic mass is 32.2. The van der Waals surface area contributed by atoms with Crippen LogP contribution in [-0.2, 0) is 15.8 Å². The fourth-order valence-corrected chi connectivity index (χ4v) is 4.31. The minimum absolute atomic E-state index is 0.0829. The molecular weight excluding hydrogens is 274 g/mol. The number of nitriles is 1. The summed E-state index contributed by atoms with van der Waals surface area (Å²) in [5, 5.41) is 8.72. The highest BCUT2D eigenvalue weighted by Crippen LogP contribution is 2.29. The molecule has 0 amide bonds. The average Bonchev–Trinajstić information content (AvgIpc) is 2.87. The fraction of sp³-hybridized carbons (Fsp3) is 0.500. The van der Waals surface area contributed by atoms with Crippen molar-refractivity contribution in [2.24, 2.45) is 5.73 Å². The predicted octanol–water partition coefficient (Wildman–Crippen LogP) is 1.25. The van der Waals surface area contributed by atoms with Crippen LogP contribution in [0.15, 0.2) is 24.3 Å². The number of nitrogens with two attached hydrogens (primary N) is 1. The Kier molecular flexibility index (Phi) is 4.43. The van der Waals surface area contributed by atoms with E-state index < -0.39 is 15.6 Å². The van der Waals surface area contributed by atoms with Gasteiger partial charge in [-0.15, -0.1) is 0 Å². The van der Waals surface area contributed by atoms with Gasteiger partial charge < -0.3 is 5.73 Å². The number of nitrogens with zero attached hydrogens (tertiary/aromatic N) is 1. The van der Waals surface area contributed by atoms with E-state index >= 15 is 0 Å². The van der Waals surface area contributed by atoms with E-state index in [1.165, 1.54) is 0 Å². The van der Waals surface area contributed by atoms with Crippen LogP contribution in [0.5, 0.6) is 0 Å². The lowest BCUT2D eigenvalue weighted by Gasteiger charge is -2.28. The van der Waals surface area contributed by atoms with Crippen LogP contribution in [-0.4, -0.2) is 20.5 Å². The Morgan fingerprint density at radius 3 is 2.35 bits per heavy atom. The minimum atomic E-state index is -3.42. The van der Waals surface area contributed by atoms with E-state index in [2.05, 4.69) is 4.72 Å². The average molecular weight is 293 g/mol. The Bertz CT molecular complexity index is 596. The molecule has 0 bridgehead atoms.